The molecule has 21 nitrogen and oxygen atoms in total. The molecule has 0 aliphatic carbocycles. The van der Waals surface area contributed by atoms with Crippen molar-refractivity contribution < 1.29 is 70.8 Å². The first-order valence-electron chi connectivity index (χ1n) is 29.9. The standard InChI is InChI=1S/C34H35F2N5O5.C24H18F2N4O2.C10H19NO4/c1-34(2,3)46-33(44)38-13-7-6-10-29(42)45-19-23-15-26(35)27(36)16-24(23)20-11-12-28-25(14-20)30(40-32(37)39-28)31(43)41-17-21-8-4-5-9-22(21)18-41;25-19-8-16(12-31)17(9-20(19)26)13-5-6-21-18(7-13)22(29-24(27)28-21)23(32)30-10-14-3-1-2-4-15(14)11-30;1-10(2,3)15-9(14)11-7-5-4-6-8(12)13/h4-5,8-9,11-12,14-16H,6-7,10,13,17-19H2,1-3H3,(H,38,44)(H2,37,39,40);1-9,31H,10-12H2,(H2,27,28,29);4-7H2,1-3H3,(H,11,14)(H,12,13). The van der Waals surface area contributed by atoms with Gasteiger partial charge in [-0.1, -0.05) is 60.7 Å². The van der Waals surface area contributed by atoms with Crippen LogP contribution in [-0.2, 0) is 63.2 Å². The van der Waals surface area contributed by atoms with Gasteiger partial charge in [-0.15, -0.1) is 0 Å². The predicted molar refractivity (Wildman–Crippen MR) is 338 cm³/mol. The fourth-order valence-corrected chi connectivity index (χ4v) is 10.2. The van der Waals surface area contributed by atoms with Crippen LogP contribution < -0.4 is 22.1 Å². The Morgan fingerprint density at radius 2 is 0.914 bits per heavy atom. The van der Waals surface area contributed by atoms with E-state index in [0.717, 1.165) is 46.5 Å². The normalized spacial score (nSPS) is 12.4. The van der Waals surface area contributed by atoms with Crippen LogP contribution in [0.15, 0.2) is 109 Å². The number of alkyl carbamates (subject to hydrolysis) is 2. The van der Waals surface area contributed by atoms with Crippen LogP contribution in [0.2, 0.25) is 0 Å². The topological polar surface area (TPSA) is 305 Å². The number of nitrogen functional groups attached to an aromatic ring is 2. The van der Waals surface area contributed by atoms with E-state index in [1.54, 1.807) is 87.7 Å². The quantitative estimate of drug-likeness (QED) is 0.0214. The first-order chi connectivity index (χ1) is 44.1. The lowest BCUT2D eigenvalue weighted by molar-refractivity contribution is -0.145. The van der Waals surface area contributed by atoms with E-state index in [0.29, 0.717) is 103 Å². The second-order valence-electron chi connectivity index (χ2n) is 24.0. The largest absolute Gasteiger partial charge is 0.481 e. The zero-order chi connectivity index (χ0) is 67.3. The van der Waals surface area contributed by atoms with Crippen molar-refractivity contribution >= 4 is 69.6 Å². The average Bonchev–Trinajstić information content (AvgIpc) is 1.59. The van der Waals surface area contributed by atoms with Crippen molar-refractivity contribution in [1.29, 1.82) is 0 Å². The number of anilines is 2. The van der Waals surface area contributed by atoms with Gasteiger partial charge in [-0.25, -0.2) is 47.1 Å². The van der Waals surface area contributed by atoms with Gasteiger partial charge in [0, 0.05) is 68.4 Å². The van der Waals surface area contributed by atoms with Gasteiger partial charge in [-0.05, 0) is 166 Å². The number of hydrogen-bond donors (Lipinski definition) is 6. The Morgan fingerprint density at radius 1 is 0.527 bits per heavy atom. The summed E-state index contributed by atoms with van der Waals surface area (Å²) >= 11 is 0. The molecule has 4 amide bonds. The highest BCUT2D eigenvalue weighted by Gasteiger charge is 2.30. The molecule has 0 atom stereocenters. The summed E-state index contributed by atoms with van der Waals surface area (Å²) in [6.45, 7) is 12.4. The second kappa shape index (κ2) is 30.2. The Hall–Kier alpha value is -10.3. The molecular formula is C68H72F4N10O11. The van der Waals surface area contributed by atoms with Gasteiger partial charge in [0.05, 0.1) is 17.6 Å². The lowest BCUT2D eigenvalue weighted by Gasteiger charge is -2.19. The van der Waals surface area contributed by atoms with E-state index in [1.807, 2.05) is 48.5 Å². The molecule has 2 aliphatic heterocycles. The Morgan fingerprint density at radius 3 is 1.31 bits per heavy atom. The molecule has 8 aromatic rings. The number of aliphatic hydroxyl groups excluding tert-OH is 1. The number of esters is 1. The second-order valence-corrected chi connectivity index (χ2v) is 24.0. The molecule has 0 radical (unpaired) electrons. The van der Waals surface area contributed by atoms with E-state index < -0.39 is 65.2 Å². The van der Waals surface area contributed by atoms with Gasteiger partial charge < -0.3 is 56.3 Å². The lowest BCUT2D eigenvalue weighted by atomic mass is 9.97. The molecule has 8 N–H and O–H groups in total. The van der Waals surface area contributed by atoms with Crippen LogP contribution in [0.5, 0.6) is 0 Å². The van der Waals surface area contributed by atoms with Crippen LogP contribution in [0, 0.1) is 23.3 Å². The molecule has 2 aromatic heterocycles. The first-order valence-corrected chi connectivity index (χ1v) is 29.9. The summed E-state index contributed by atoms with van der Waals surface area (Å²) in [5.41, 5.74) is 18.0. The Bertz CT molecular complexity index is 4070. The fraction of sp³-hybridized carbons (Fsp3) is 0.324. The number of fused-ring (bicyclic) bond motifs is 4. The molecular weight excluding hydrogens is 1210 g/mol. The molecule has 0 saturated carbocycles. The van der Waals surface area contributed by atoms with Gasteiger partial charge in [0.15, 0.2) is 23.3 Å². The van der Waals surface area contributed by atoms with Gasteiger partial charge in [-0.2, -0.15) is 0 Å². The number of ether oxygens (including phenoxy) is 3. The van der Waals surface area contributed by atoms with E-state index in [2.05, 4.69) is 30.6 Å². The molecule has 6 aromatic carbocycles. The number of carboxylic acids is 1. The van der Waals surface area contributed by atoms with Crippen LogP contribution in [-0.4, -0.2) is 100 Å². The van der Waals surface area contributed by atoms with Crippen LogP contribution in [0.25, 0.3) is 44.1 Å². The third-order valence-corrected chi connectivity index (χ3v) is 14.5. The van der Waals surface area contributed by atoms with Crippen molar-refractivity contribution in [3.8, 4) is 22.3 Å². The molecule has 0 fully saturated rings. The van der Waals surface area contributed by atoms with Crippen molar-refractivity contribution in [2.45, 2.75) is 131 Å². The first kappa shape index (κ1) is 68.6. The number of unbranched alkanes of at least 4 members (excludes halogenated alkanes) is 2. The molecule has 0 saturated heterocycles. The minimum atomic E-state index is -1.09. The number of carbonyl (C=O) groups is 6. The van der Waals surface area contributed by atoms with Gasteiger partial charge in [0.1, 0.15) is 29.2 Å². The summed E-state index contributed by atoms with van der Waals surface area (Å²) in [6, 6.07) is 29.4. The molecule has 2 aliphatic rings. The maximum Gasteiger partial charge on any atom is 0.407 e. The lowest BCUT2D eigenvalue weighted by Crippen LogP contribution is -2.33. The van der Waals surface area contributed by atoms with Gasteiger partial charge in [0.25, 0.3) is 11.8 Å². The number of hydrogen-bond acceptors (Lipinski definition) is 16. The Kier molecular flexibility index (Phi) is 22.3. The van der Waals surface area contributed by atoms with E-state index in [4.69, 9.17) is 30.8 Å². The molecule has 0 bridgehead atoms. The molecule has 0 spiro atoms. The molecule has 25 heteroatoms. The summed E-state index contributed by atoms with van der Waals surface area (Å²) in [4.78, 5) is 92.8. The van der Waals surface area contributed by atoms with Crippen LogP contribution >= 0.6 is 0 Å². The minimum Gasteiger partial charge on any atom is -0.481 e. The highest BCUT2D eigenvalue weighted by atomic mass is 19.2. The van der Waals surface area contributed by atoms with E-state index in [-0.39, 0.29) is 71.2 Å². The number of aliphatic hydroxyl groups is 1. The van der Waals surface area contributed by atoms with Crippen molar-refractivity contribution in [2.75, 3.05) is 24.6 Å². The summed E-state index contributed by atoms with van der Waals surface area (Å²) in [7, 11) is 0. The van der Waals surface area contributed by atoms with Crippen molar-refractivity contribution in [2.24, 2.45) is 0 Å². The molecule has 10 rings (SSSR count). The maximum absolute atomic E-state index is 14.5. The number of halogens is 4. The number of aromatic nitrogens is 4. The summed E-state index contributed by atoms with van der Waals surface area (Å²) < 4.78 is 72.0. The van der Waals surface area contributed by atoms with Gasteiger partial charge in [0.2, 0.25) is 11.9 Å². The van der Waals surface area contributed by atoms with E-state index in [9.17, 15) is 51.4 Å². The zero-order valence-electron chi connectivity index (χ0n) is 52.2. The maximum atomic E-state index is 14.5. The Balaban J connectivity index is 0.000000204. The summed E-state index contributed by atoms with van der Waals surface area (Å²) in [5, 5.41) is 24.0. The number of rotatable bonds is 17. The van der Waals surface area contributed by atoms with E-state index >= 15 is 0 Å². The van der Waals surface area contributed by atoms with Crippen molar-refractivity contribution in [3.63, 3.8) is 0 Å². The number of amides is 4. The summed E-state index contributed by atoms with van der Waals surface area (Å²) in [5.74, 6) is -6.33. The molecule has 4 heterocycles. The third kappa shape index (κ3) is 18.7. The number of aliphatic carboxylic acids is 1. The number of nitrogens with zero attached hydrogens (tertiary/aromatic N) is 6. The fourth-order valence-electron chi connectivity index (χ4n) is 10.2. The number of carbonyl (C=O) groups excluding carboxylic acids is 5. The van der Waals surface area contributed by atoms with Crippen LogP contribution in [0.4, 0.5) is 39.0 Å². The minimum absolute atomic E-state index is 0.0332. The average molecular weight is 1280 g/mol. The van der Waals surface area contributed by atoms with E-state index in [1.165, 1.54) is 0 Å². The summed E-state index contributed by atoms with van der Waals surface area (Å²) in [6.07, 6.45) is 1.35. The number of benzene rings is 6. The van der Waals surface area contributed by atoms with Gasteiger partial charge in [-0.3, -0.25) is 19.2 Å². The predicted octanol–water partition coefficient (Wildman–Crippen LogP) is 11.6. The highest BCUT2D eigenvalue weighted by molar-refractivity contribution is 6.07. The third-order valence-electron chi connectivity index (χ3n) is 14.5. The molecule has 488 valence electrons. The molecule has 0 unspecified atom stereocenters. The SMILES string of the molecule is CC(C)(C)OC(=O)NCCCCC(=O)O.CC(C)(C)OC(=O)NCCCCC(=O)OCc1cc(F)c(F)cc1-c1ccc2nc(N)nc(C(=O)N3Cc4ccccc4C3)c2c1.Nc1nc(C(=O)N2Cc3ccccc3C2)c2cc(-c3cc(F)c(F)cc3CO)ccc2n1. The number of nitrogens with one attached hydrogen (secondary N) is 2. The monoisotopic (exact) mass is 1280 g/mol. The highest BCUT2D eigenvalue weighted by Crippen LogP contribution is 2.35. The van der Waals surface area contributed by atoms with Crippen LogP contribution in [0.1, 0.15) is 134 Å². The zero-order valence-corrected chi connectivity index (χ0v) is 52.2. The Labute approximate surface area is 533 Å². The van der Waals surface area contributed by atoms with Crippen molar-refractivity contribution in [3.05, 3.63) is 177 Å². The smallest absolute Gasteiger partial charge is 0.407 e. The van der Waals surface area contributed by atoms with Crippen molar-refractivity contribution in [1.82, 2.24) is 40.4 Å². The number of nitrogens with two attached hydrogens (primary N) is 2. The molecule has 93 heavy (non-hydrogen) atoms. The number of carboxylic acid groups (broad SMARTS) is 1. The van der Waals surface area contributed by atoms with Gasteiger partial charge >= 0.3 is 24.1 Å². The van der Waals surface area contributed by atoms with Crippen LogP contribution in [0.3, 0.4) is 0 Å².